The van der Waals surface area contributed by atoms with E-state index in [4.69, 9.17) is 27.9 Å². The molecule has 0 saturated carbocycles. The van der Waals surface area contributed by atoms with Crippen LogP contribution in [-0.2, 0) is 15.7 Å². The van der Waals surface area contributed by atoms with Gasteiger partial charge in [-0.25, -0.2) is 0 Å². The Kier molecular flexibility index (Phi) is 7.76. The van der Waals surface area contributed by atoms with Crippen LogP contribution in [0.2, 0.25) is 10.0 Å². The van der Waals surface area contributed by atoms with Gasteiger partial charge < -0.3 is 9.64 Å². The summed E-state index contributed by atoms with van der Waals surface area (Å²) in [4.78, 5) is 40.0. The fourth-order valence-electron chi connectivity index (χ4n) is 4.69. The molecule has 3 aromatic rings. The lowest BCUT2D eigenvalue weighted by Crippen LogP contribution is -2.39. The number of likely N-dealkylation sites (tertiary alicyclic amines) is 1. The van der Waals surface area contributed by atoms with Gasteiger partial charge in [-0.15, -0.1) is 0 Å². The van der Waals surface area contributed by atoms with Crippen LogP contribution in [0.15, 0.2) is 24.3 Å². The number of nitrogens with zero attached hydrogens (tertiary/aromatic N) is 3. The van der Waals surface area contributed by atoms with E-state index >= 15 is 0 Å². The van der Waals surface area contributed by atoms with Gasteiger partial charge in [0.2, 0.25) is 0 Å². The van der Waals surface area contributed by atoms with Gasteiger partial charge in [0.15, 0.2) is 0 Å². The number of aromatic nitrogens is 2. The van der Waals surface area contributed by atoms with Gasteiger partial charge in [0, 0.05) is 24.9 Å². The number of hydrogen-bond acceptors (Lipinski definition) is 5. The van der Waals surface area contributed by atoms with Crippen molar-refractivity contribution in [3.63, 3.8) is 0 Å². The Morgan fingerprint density at radius 2 is 1.74 bits per heavy atom. The van der Waals surface area contributed by atoms with E-state index < -0.39 is 23.6 Å². The number of alkyl halides is 3. The molecule has 1 amide bonds. The fourth-order valence-corrected chi connectivity index (χ4v) is 5.30. The lowest BCUT2D eigenvalue weighted by Gasteiger charge is -2.32. The van der Waals surface area contributed by atoms with Gasteiger partial charge in [-0.05, 0) is 62.4 Å². The molecule has 0 spiro atoms. The maximum Gasteiger partial charge on any atom is 0.416 e. The molecule has 0 aliphatic carbocycles. The van der Waals surface area contributed by atoms with Gasteiger partial charge in [0.05, 0.1) is 45.1 Å². The molecule has 0 unspecified atom stereocenters. The third kappa shape index (κ3) is 5.24. The Bertz CT molecular complexity index is 1440. The zero-order chi connectivity index (χ0) is 27.9. The molecule has 2 heterocycles. The van der Waals surface area contributed by atoms with Crippen molar-refractivity contribution in [2.75, 3.05) is 20.2 Å². The van der Waals surface area contributed by atoms with E-state index in [1.807, 2.05) is 0 Å². The lowest BCUT2D eigenvalue weighted by atomic mass is 9.93. The summed E-state index contributed by atoms with van der Waals surface area (Å²) in [5, 5.41) is 4.21. The second-order valence-electron chi connectivity index (χ2n) is 9.29. The number of piperidine rings is 1. The Morgan fingerprint density at radius 3 is 2.34 bits per heavy atom. The van der Waals surface area contributed by atoms with Crippen LogP contribution >= 0.6 is 23.2 Å². The maximum atomic E-state index is 13.5. The topological polar surface area (TPSA) is 81.5 Å². The van der Waals surface area contributed by atoms with Crippen LogP contribution in [0.1, 0.15) is 56.8 Å². The molecular weight excluding hydrogens is 546 g/mol. The fraction of sp³-hybridized carbons (Fsp3) is 0.385. The number of aryl methyl sites for hydroxylation is 2. The Morgan fingerprint density at radius 1 is 1.08 bits per heavy atom. The van der Waals surface area contributed by atoms with E-state index in [0.717, 1.165) is 16.8 Å². The van der Waals surface area contributed by atoms with Crippen molar-refractivity contribution in [3.05, 3.63) is 62.3 Å². The zero-order valence-electron chi connectivity index (χ0n) is 20.8. The molecule has 1 fully saturated rings. The van der Waals surface area contributed by atoms with E-state index in [-0.39, 0.29) is 61.6 Å². The molecule has 7 nitrogen and oxygen atoms in total. The molecule has 4 rings (SSSR count). The number of rotatable bonds is 4. The van der Waals surface area contributed by atoms with Crippen molar-refractivity contribution in [2.45, 2.75) is 39.3 Å². The van der Waals surface area contributed by atoms with Gasteiger partial charge in [-0.3, -0.25) is 14.4 Å². The van der Waals surface area contributed by atoms with E-state index in [1.165, 1.54) is 33.1 Å². The lowest BCUT2D eigenvalue weighted by molar-refractivity contribution is -0.142. The third-order valence-electron chi connectivity index (χ3n) is 6.85. The number of fused-ring (bicyclic) bond motifs is 1. The van der Waals surface area contributed by atoms with Crippen LogP contribution in [0, 0.1) is 19.8 Å². The van der Waals surface area contributed by atoms with Gasteiger partial charge in [-0.2, -0.15) is 23.0 Å². The monoisotopic (exact) mass is 569 g/mol. The molecule has 1 aliphatic heterocycles. The number of benzene rings is 2. The van der Waals surface area contributed by atoms with Crippen LogP contribution in [0.3, 0.4) is 0 Å². The summed E-state index contributed by atoms with van der Waals surface area (Å²) in [5.74, 6) is -1.37. The number of halogens is 5. The number of ether oxygens (including phenoxy) is 1. The van der Waals surface area contributed by atoms with Crippen molar-refractivity contribution < 1.29 is 32.3 Å². The summed E-state index contributed by atoms with van der Waals surface area (Å²) in [7, 11) is 1.33. The molecule has 1 saturated heterocycles. The number of methoxy groups -OCH3 is 1. The van der Waals surface area contributed by atoms with Crippen molar-refractivity contribution in [1.29, 1.82) is 0 Å². The minimum atomic E-state index is -4.56. The number of esters is 1. The SMILES string of the molecule is COC(=O)CC1CCN(C(=O)c2ccc(Cl)c(C(=O)n3nc4c(C)cc(C(F)(F)F)cc4c3C)c2Cl)CC1. The molecule has 1 aromatic heterocycles. The quantitative estimate of drug-likeness (QED) is 0.355. The Labute approximate surface area is 226 Å². The van der Waals surface area contributed by atoms with Gasteiger partial charge in [0.1, 0.15) is 0 Å². The molecule has 12 heteroatoms. The Balaban J connectivity index is 1.65. The van der Waals surface area contributed by atoms with Crippen LogP contribution in [0.4, 0.5) is 13.2 Å². The van der Waals surface area contributed by atoms with Crippen molar-refractivity contribution in [1.82, 2.24) is 14.7 Å². The largest absolute Gasteiger partial charge is 0.469 e. The molecule has 1 aliphatic rings. The minimum absolute atomic E-state index is 0.0278. The average Bonchev–Trinajstić information content (AvgIpc) is 3.20. The van der Waals surface area contributed by atoms with Gasteiger partial charge >= 0.3 is 12.1 Å². The molecule has 0 atom stereocenters. The van der Waals surface area contributed by atoms with Crippen LogP contribution in [0.5, 0.6) is 0 Å². The molecule has 38 heavy (non-hydrogen) atoms. The highest BCUT2D eigenvalue weighted by Crippen LogP contribution is 2.35. The van der Waals surface area contributed by atoms with Crippen molar-refractivity contribution >= 4 is 51.9 Å². The van der Waals surface area contributed by atoms with Crippen LogP contribution in [-0.4, -0.2) is 52.7 Å². The highest BCUT2D eigenvalue weighted by Gasteiger charge is 2.33. The molecule has 0 N–H and O–H groups in total. The smallest absolute Gasteiger partial charge is 0.416 e. The summed E-state index contributed by atoms with van der Waals surface area (Å²) in [5.41, 5.74) is -0.299. The summed E-state index contributed by atoms with van der Waals surface area (Å²) >= 11 is 12.9. The average molecular weight is 570 g/mol. The summed E-state index contributed by atoms with van der Waals surface area (Å²) in [6.07, 6.45) is -3.07. The van der Waals surface area contributed by atoms with Crippen LogP contribution in [0.25, 0.3) is 10.9 Å². The van der Waals surface area contributed by atoms with Crippen molar-refractivity contribution in [2.24, 2.45) is 5.92 Å². The summed E-state index contributed by atoms with van der Waals surface area (Å²) < 4.78 is 45.7. The molecule has 0 bridgehead atoms. The number of carbonyl (C=O) groups excluding carboxylic acids is 3. The second-order valence-corrected chi connectivity index (χ2v) is 10.1. The standard InChI is InChI=1S/C26H24Cl2F3N3O4/c1-13-10-16(26(29,30)31)12-18-14(2)34(32-23(13)18)25(37)21-19(27)5-4-17(22(21)28)24(36)33-8-6-15(7-9-33)11-20(35)38-3/h4-5,10,12,15H,6-9,11H2,1-3H3. The first-order valence-corrected chi connectivity index (χ1v) is 12.5. The summed E-state index contributed by atoms with van der Waals surface area (Å²) in [6.45, 7) is 3.74. The maximum absolute atomic E-state index is 13.5. The molecule has 0 radical (unpaired) electrons. The number of amides is 1. The first-order chi connectivity index (χ1) is 17.8. The first-order valence-electron chi connectivity index (χ1n) is 11.8. The predicted molar refractivity (Wildman–Crippen MR) is 136 cm³/mol. The second kappa shape index (κ2) is 10.6. The highest BCUT2D eigenvalue weighted by atomic mass is 35.5. The number of hydrogen-bond donors (Lipinski definition) is 0. The number of carbonyl (C=O) groups is 3. The van der Waals surface area contributed by atoms with E-state index in [9.17, 15) is 27.6 Å². The third-order valence-corrected chi connectivity index (χ3v) is 7.56. The summed E-state index contributed by atoms with van der Waals surface area (Å²) in [6, 6.07) is 4.72. The van der Waals surface area contributed by atoms with E-state index in [0.29, 0.717) is 25.9 Å². The first kappa shape index (κ1) is 27.9. The van der Waals surface area contributed by atoms with E-state index in [2.05, 4.69) is 5.10 Å². The Hall–Kier alpha value is -3.11. The molecular formula is C26H24Cl2F3N3O4. The van der Waals surface area contributed by atoms with Crippen LogP contribution < -0.4 is 0 Å². The molecule has 2 aromatic carbocycles. The van der Waals surface area contributed by atoms with Crippen molar-refractivity contribution in [3.8, 4) is 0 Å². The van der Waals surface area contributed by atoms with Gasteiger partial charge in [0.25, 0.3) is 11.8 Å². The van der Waals surface area contributed by atoms with Gasteiger partial charge in [-0.1, -0.05) is 23.2 Å². The zero-order valence-corrected chi connectivity index (χ0v) is 22.3. The van der Waals surface area contributed by atoms with E-state index in [1.54, 1.807) is 4.90 Å². The minimum Gasteiger partial charge on any atom is -0.469 e. The highest BCUT2D eigenvalue weighted by molar-refractivity contribution is 6.41. The normalized spacial score (nSPS) is 14.7. The molecule has 202 valence electrons. The predicted octanol–water partition coefficient (Wildman–Crippen LogP) is 6.08.